The highest BCUT2D eigenvalue weighted by atomic mass is 32.2. The standard InChI is InChI=1S/C22H32N4O5S/c1-3-31-18-4-6-19(7-5-18)32(29,30)25-14-12-24(13-15-25)16-26-20(27)22(23-21(26)28)10-8-17(2)9-11-22/h4-7,17H,3,8-16H2,1-2H3,(H,23,28). The highest BCUT2D eigenvalue weighted by Crippen LogP contribution is 2.36. The van der Waals surface area contributed by atoms with E-state index in [0.717, 1.165) is 12.8 Å². The first-order chi connectivity index (χ1) is 15.2. The Morgan fingerprint density at radius 3 is 2.28 bits per heavy atom. The van der Waals surface area contributed by atoms with E-state index in [4.69, 9.17) is 4.74 Å². The van der Waals surface area contributed by atoms with E-state index in [1.807, 2.05) is 11.8 Å². The number of urea groups is 1. The van der Waals surface area contributed by atoms with Crippen LogP contribution < -0.4 is 10.1 Å². The van der Waals surface area contributed by atoms with Gasteiger partial charge in [-0.25, -0.2) is 18.1 Å². The molecule has 0 aromatic heterocycles. The van der Waals surface area contributed by atoms with E-state index in [-0.39, 0.29) is 23.5 Å². The third-order valence-corrected chi connectivity index (χ3v) is 8.73. The van der Waals surface area contributed by atoms with Crippen LogP contribution in [0.3, 0.4) is 0 Å². The molecule has 10 heteroatoms. The second-order valence-electron chi connectivity index (χ2n) is 9.00. The van der Waals surface area contributed by atoms with Crippen LogP contribution in [0.15, 0.2) is 29.2 Å². The number of nitrogens with zero attached hydrogens (tertiary/aromatic N) is 3. The lowest BCUT2D eigenvalue weighted by Crippen LogP contribution is -2.53. The number of rotatable bonds is 6. The van der Waals surface area contributed by atoms with Crippen LogP contribution in [0.4, 0.5) is 4.79 Å². The van der Waals surface area contributed by atoms with Gasteiger partial charge in [0.05, 0.1) is 18.2 Å². The number of imide groups is 1. The maximum Gasteiger partial charge on any atom is 0.326 e. The summed E-state index contributed by atoms with van der Waals surface area (Å²) in [5.74, 6) is 1.07. The Balaban J connectivity index is 1.35. The smallest absolute Gasteiger partial charge is 0.326 e. The molecule has 9 nitrogen and oxygen atoms in total. The molecule has 176 valence electrons. The van der Waals surface area contributed by atoms with Gasteiger partial charge < -0.3 is 10.1 Å². The Bertz CT molecular complexity index is 949. The van der Waals surface area contributed by atoms with E-state index >= 15 is 0 Å². The molecule has 4 rings (SSSR count). The molecule has 3 amide bonds. The Labute approximate surface area is 189 Å². The first-order valence-corrected chi connectivity index (χ1v) is 12.8. The molecule has 32 heavy (non-hydrogen) atoms. The summed E-state index contributed by atoms with van der Waals surface area (Å²) >= 11 is 0. The lowest BCUT2D eigenvalue weighted by molar-refractivity contribution is -0.134. The topological polar surface area (TPSA) is 99.3 Å². The molecular weight excluding hydrogens is 432 g/mol. The summed E-state index contributed by atoms with van der Waals surface area (Å²) < 4.78 is 32.8. The third-order valence-electron chi connectivity index (χ3n) is 6.82. The summed E-state index contributed by atoms with van der Waals surface area (Å²) in [4.78, 5) is 29.1. The van der Waals surface area contributed by atoms with Crippen molar-refractivity contribution in [3.8, 4) is 5.75 Å². The highest BCUT2D eigenvalue weighted by Gasteiger charge is 2.52. The van der Waals surface area contributed by atoms with E-state index in [1.54, 1.807) is 24.3 Å². The number of carbonyl (C=O) groups is 2. The average Bonchev–Trinajstić information content (AvgIpc) is 3.01. The van der Waals surface area contributed by atoms with Crippen molar-refractivity contribution in [3.63, 3.8) is 0 Å². The van der Waals surface area contributed by atoms with Crippen molar-refractivity contribution in [2.24, 2.45) is 5.92 Å². The van der Waals surface area contributed by atoms with Crippen LogP contribution in [-0.4, -0.2) is 79.5 Å². The number of hydrogen-bond donors (Lipinski definition) is 1. The summed E-state index contributed by atoms with van der Waals surface area (Å²) in [5, 5.41) is 2.94. The molecule has 0 radical (unpaired) electrons. The van der Waals surface area contributed by atoms with Crippen LogP contribution in [0.25, 0.3) is 0 Å². The molecule has 0 atom stereocenters. The summed E-state index contributed by atoms with van der Waals surface area (Å²) in [6.07, 6.45) is 3.23. The number of amides is 3. The van der Waals surface area contributed by atoms with Crippen molar-refractivity contribution in [3.05, 3.63) is 24.3 Å². The Hall–Kier alpha value is -2.17. The van der Waals surface area contributed by atoms with Crippen molar-refractivity contribution >= 4 is 22.0 Å². The lowest BCUT2D eigenvalue weighted by Gasteiger charge is -2.36. The predicted octanol–water partition coefficient (Wildman–Crippen LogP) is 1.85. The molecule has 2 saturated heterocycles. The zero-order valence-corrected chi connectivity index (χ0v) is 19.6. The molecule has 0 bridgehead atoms. The van der Waals surface area contributed by atoms with Gasteiger partial charge in [-0.05, 0) is 62.8 Å². The fourth-order valence-corrected chi connectivity index (χ4v) is 6.16. The van der Waals surface area contributed by atoms with E-state index in [9.17, 15) is 18.0 Å². The predicted molar refractivity (Wildman–Crippen MR) is 119 cm³/mol. The number of ether oxygens (including phenoxy) is 1. The Kier molecular flexibility index (Phi) is 6.46. The minimum absolute atomic E-state index is 0.140. The fourth-order valence-electron chi connectivity index (χ4n) is 4.73. The molecule has 1 aromatic carbocycles. The van der Waals surface area contributed by atoms with E-state index in [1.165, 1.54) is 9.21 Å². The van der Waals surface area contributed by atoms with Crippen LogP contribution in [0.5, 0.6) is 5.75 Å². The molecule has 3 aliphatic rings. The summed E-state index contributed by atoms with van der Waals surface area (Å²) in [7, 11) is -3.60. The number of benzene rings is 1. The second-order valence-corrected chi connectivity index (χ2v) is 10.9. The Morgan fingerprint density at radius 1 is 1.06 bits per heavy atom. The second kappa shape index (κ2) is 8.99. The minimum atomic E-state index is -3.60. The van der Waals surface area contributed by atoms with Gasteiger partial charge in [-0.2, -0.15) is 4.31 Å². The fraction of sp³-hybridized carbons (Fsp3) is 0.636. The van der Waals surface area contributed by atoms with E-state index < -0.39 is 15.6 Å². The van der Waals surface area contributed by atoms with Crippen LogP contribution >= 0.6 is 0 Å². The molecule has 1 saturated carbocycles. The normalized spacial score (nSPS) is 27.7. The molecule has 0 unspecified atom stereocenters. The average molecular weight is 465 g/mol. The van der Waals surface area contributed by atoms with Gasteiger partial charge in [0.2, 0.25) is 10.0 Å². The van der Waals surface area contributed by atoms with Crippen LogP contribution in [0.1, 0.15) is 39.5 Å². The van der Waals surface area contributed by atoms with Crippen molar-refractivity contribution in [2.75, 3.05) is 39.5 Å². The number of sulfonamides is 1. The molecule has 1 spiro atoms. The van der Waals surface area contributed by atoms with Gasteiger partial charge >= 0.3 is 6.03 Å². The highest BCUT2D eigenvalue weighted by molar-refractivity contribution is 7.89. The van der Waals surface area contributed by atoms with Gasteiger partial charge in [-0.15, -0.1) is 0 Å². The van der Waals surface area contributed by atoms with E-state index in [0.29, 0.717) is 57.3 Å². The van der Waals surface area contributed by atoms with E-state index in [2.05, 4.69) is 12.2 Å². The van der Waals surface area contributed by atoms with Gasteiger partial charge in [-0.1, -0.05) is 6.92 Å². The van der Waals surface area contributed by atoms with Gasteiger partial charge in [0, 0.05) is 26.2 Å². The summed E-state index contributed by atoms with van der Waals surface area (Å²) in [5.41, 5.74) is -0.748. The molecule has 1 aliphatic carbocycles. The SMILES string of the molecule is CCOc1ccc(S(=O)(=O)N2CCN(CN3C(=O)NC4(CCC(C)CC4)C3=O)CC2)cc1. The Morgan fingerprint density at radius 2 is 1.69 bits per heavy atom. The lowest BCUT2D eigenvalue weighted by atomic mass is 9.77. The quantitative estimate of drug-likeness (QED) is 0.645. The zero-order chi connectivity index (χ0) is 22.9. The summed E-state index contributed by atoms with van der Waals surface area (Å²) in [6.45, 7) is 6.29. The van der Waals surface area contributed by atoms with Gasteiger partial charge in [0.15, 0.2) is 0 Å². The summed E-state index contributed by atoms with van der Waals surface area (Å²) in [6, 6.07) is 6.10. The monoisotopic (exact) mass is 464 g/mol. The van der Waals surface area contributed by atoms with Crippen LogP contribution in [0.2, 0.25) is 0 Å². The van der Waals surface area contributed by atoms with Crippen molar-refractivity contribution < 1.29 is 22.7 Å². The van der Waals surface area contributed by atoms with Gasteiger partial charge in [0.1, 0.15) is 11.3 Å². The van der Waals surface area contributed by atoms with Crippen LogP contribution in [-0.2, 0) is 14.8 Å². The van der Waals surface area contributed by atoms with Gasteiger partial charge in [0.25, 0.3) is 5.91 Å². The van der Waals surface area contributed by atoms with Crippen LogP contribution in [0, 0.1) is 5.92 Å². The van der Waals surface area contributed by atoms with Crippen molar-refractivity contribution in [1.82, 2.24) is 19.4 Å². The molecule has 2 heterocycles. The molecule has 1 aromatic rings. The first-order valence-electron chi connectivity index (χ1n) is 11.3. The molecular formula is C22H32N4O5S. The van der Waals surface area contributed by atoms with Gasteiger partial charge in [-0.3, -0.25) is 9.69 Å². The third kappa shape index (κ3) is 4.35. The number of hydrogen-bond acceptors (Lipinski definition) is 6. The van der Waals surface area contributed by atoms with Crippen molar-refractivity contribution in [1.29, 1.82) is 0 Å². The number of piperazine rings is 1. The maximum absolute atomic E-state index is 13.1. The molecule has 2 aliphatic heterocycles. The maximum atomic E-state index is 13.1. The largest absolute Gasteiger partial charge is 0.494 e. The zero-order valence-electron chi connectivity index (χ0n) is 18.7. The number of nitrogens with one attached hydrogen (secondary N) is 1. The number of carbonyl (C=O) groups excluding carboxylic acids is 2. The molecule has 3 fully saturated rings. The molecule has 1 N–H and O–H groups in total. The van der Waals surface area contributed by atoms with Crippen molar-refractivity contribution in [2.45, 2.75) is 50.0 Å². The minimum Gasteiger partial charge on any atom is -0.494 e. The first kappa shape index (κ1) is 23.0.